The zero-order chi connectivity index (χ0) is 12.8. The van der Waals surface area contributed by atoms with Crippen LogP contribution in [0.4, 0.5) is 4.79 Å². The highest BCUT2D eigenvalue weighted by Crippen LogP contribution is 2.02. The Morgan fingerprint density at radius 1 is 1.33 bits per heavy atom. The number of amides is 3. The van der Waals surface area contributed by atoms with Crippen molar-refractivity contribution in [1.82, 2.24) is 16.0 Å². The van der Waals surface area contributed by atoms with Gasteiger partial charge in [-0.3, -0.25) is 4.79 Å². The average molecular weight is 247 g/mol. The summed E-state index contributed by atoms with van der Waals surface area (Å²) in [4.78, 5) is 23.1. The lowest BCUT2D eigenvalue weighted by molar-refractivity contribution is -0.124. The van der Waals surface area contributed by atoms with Gasteiger partial charge in [0.2, 0.25) is 5.91 Å². The summed E-state index contributed by atoms with van der Waals surface area (Å²) in [7, 11) is 0. The molecule has 0 bridgehead atoms. The van der Waals surface area contributed by atoms with E-state index in [1.165, 1.54) is 0 Å². The van der Waals surface area contributed by atoms with Gasteiger partial charge in [0.1, 0.15) is 6.04 Å². The van der Waals surface area contributed by atoms with Gasteiger partial charge in [-0.1, -0.05) is 30.3 Å². The molecular weight excluding hydrogens is 230 g/mol. The second-order valence-corrected chi connectivity index (χ2v) is 4.30. The van der Waals surface area contributed by atoms with Crippen LogP contribution in [0.25, 0.3) is 0 Å². The van der Waals surface area contributed by atoms with E-state index in [0.29, 0.717) is 19.5 Å². The van der Waals surface area contributed by atoms with Gasteiger partial charge in [-0.05, 0) is 18.4 Å². The molecule has 1 saturated heterocycles. The lowest BCUT2D eigenvalue weighted by Crippen LogP contribution is -2.52. The molecule has 3 amide bonds. The van der Waals surface area contributed by atoms with Crippen LogP contribution in [0.1, 0.15) is 18.4 Å². The van der Waals surface area contributed by atoms with Gasteiger partial charge in [-0.25, -0.2) is 4.79 Å². The Morgan fingerprint density at radius 3 is 2.83 bits per heavy atom. The van der Waals surface area contributed by atoms with Crippen molar-refractivity contribution in [2.24, 2.45) is 0 Å². The van der Waals surface area contributed by atoms with E-state index < -0.39 is 6.04 Å². The third-order valence-corrected chi connectivity index (χ3v) is 2.89. The van der Waals surface area contributed by atoms with Gasteiger partial charge in [-0.2, -0.15) is 0 Å². The van der Waals surface area contributed by atoms with Crippen molar-refractivity contribution >= 4 is 11.9 Å². The Kier molecular flexibility index (Phi) is 4.17. The molecule has 1 heterocycles. The van der Waals surface area contributed by atoms with Gasteiger partial charge in [0.05, 0.1) is 0 Å². The van der Waals surface area contributed by atoms with Gasteiger partial charge in [-0.15, -0.1) is 0 Å². The Balaban J connectivity index is 1.76. The zero-order valence-corrected chi connectivity index (χ0v) is 10.1. The summed E-state index contributed by atoms with van der Waals surface area (Å²) in [5, 5.41) is 8.14. The number of urea groups is 1. The number of carbonyl (C=O) groups is 2. The smallest absolute Gasteiger partial charge is 0.315 e. The van der Waals surface area contributed by atoms with E-state index in [2.05, 4.69) is 16.0 Å². The minimum Gasteiger partial charge on any atom is -0.354 e. The highest BCUT2D eigenvalue weighted by molar-refractivity contribution is 5.87. The van der Waals surface area contributed by atoms with Crippen molar-refractivity contribution in [2.75, 3.05) is 6.54 Å². The predicted octanol–water partition coefficient (Wildman–Crippen LogP) is 0.764. The van der Waals surface area contributed by atoms with Gasteiger partial charge in [0.25, 0.3) is 0 Å². The number of hydrogen-bond acceptors (Lipinski definition) is 2. The standard InChI is InChI=1S/C13H17N3O2/c17-12-11(7-4-8-14-12)16-13(18)15-9-10-5-2-1-3-6-10/h1-3,5-6,11H,4,7-9H2,(H,14,17)(H2,15,16,18). The van der Waals surface area contributed by atoms with Crippen LogP contribution >= 0.6 is 0 Å². The fraction of sp³-hybridized carbons (Fsp3) is 0.385. The van der Waals surface area contributed by atoms with Crippen LogP contribution in [0.5, 0.6) is 0 Å². The quantitative estimate of drug-likeness (QED) is 0.738. The molecule has 1 aliphatic rings. The molecule has 1 fully saturated rings. The zero-order valence-electron chi connectivity index (χ0n) is 10.1. The number of benzene rings is 1. The summed E-state index contributed by atoms with van der Waals surface area (Å²) in [5.74, 6) is -0.101. The first kappa shape index (κ1) is 12.4. The molecule has 0 radical (unpaired) electrons. The molecule has 5 nitrogen and oxygen atoms in total. The molecule has 1 aliphatic heterocycles. The first-order valence-corrected chi connectivity index (χ1v) is 6.12. The van der Waals surface area contributed by atoms with E-state index >= 15 is 0 Å². The van der Waals surface area contributed by atoms with E-state index in [4.69, 9.17) is 0 Å². The molecule has 3 N–H and O–H groups in total. The number of hydrogen-bond donors (Lipinski definition) is 3. The molecule has 96 valence electrons. The average Bonchev–Trinajstić information content (AvgIpc) is 2.40. The van der Waals surface area contributed by atoms with Crippen molar-refractivity contribution in [3.05, 3.63) is 35.9 Å². The maximum absolute atomic E-state index is 11.6. The molecule has 0 saturated carbocycles. The molecule has 1 unspecified atom stereocenters. The van der Waals surface area contributed by atoms with Crippen LogP contribution in [0.15, 0.2) is 30.3 Å². The lowest BCUT2D eigenvalue weighted by atomic mass is 10.1. The van der Waals surface area contributed by atoms with Crippen LogP contribution < -0.4 is 16.0 Å². The Bertz CT molecular complexity index is 420. The molecular formula is C13H17N3O2. The maximum Gasteiger partial charge on any atom is 0.315 e. The summed E-state index contributed by atoms with van der Waals surface area (Å²) in [6, 6.07) is 8.93. The van der Waals surface area contributed by atoms with E-state index in [-0.39, 0.29) is 11.9 Å². The van der Waals surface area contributed by atoms with Crippen LogP contribution in [-0.4, -0.2) is 24.5 Å². The van der Waals surface area contributed by atoms with Crippen molar-refractivity contribution in [2.45, 2.75) is 25.4 Å². The van der Waals surface area contributed by atoms with Crippen molar-refractivity contribution < 1.29 is 9.59 Å². The SMILES string of the molecule is O=C(NCc1ccccc1)NC1CCCNC1=O. The third kappa shape index (κ3) is 3.48. The summed E-state index contributed by atoms with van der Waals surface area (Å²) in [6.45, 7) is 1.16. The Hall–Kier alpha value is -2.04. The van der Waals surface area contributed by atoms with Crippen molar-refractivity contribution in [1.29, 1.82) is 0 Å². The summed E-state index contributed by atoms with van der Waals surface area (Å²) < 4.78 is 0. The topological polar surface area (TPSA) is 70.2 Å². The van der Waals surface area contributed by atoms with E-state index in [9.17, 15) is 9.59 Å². The van der Waals surface area contributed by atoms with Crippen LogP contribution in [0.2, 0.25) is 0 Å². The molecule has 1 aromatic carbocycles. The molecule has 1 aromatic rings. The molecule has 0 aromatic heterocycles. The number of carbonyl (C=O) groups excluding carboxylic acids is 2. The first-order chi connectivity index (χ1) is 8.75. The maximum atomic E-state index is 11.6. The molecule has 2 rings (SSSR count). The summed E-state index contributed by atoms with van der Waals surface area (Å²) >= 11 is 0. The fourth-order valence-corrected chi connectivity index (χ4v) is 1.90. The summed E-state index contributed by atoms with van der Waals surface area (Å²) in [5.41, 5.74) is 1.03. The Morgan fingerprint density at radius 2 is 2.11 bits per heavy atom. The minimum absolute atomic E-state index is 0.101. The second-order valence-electron chi connectivity index (χ2n) is 4.30. The third-order valence-electron chi connectivity index (χ3n) is 2.89. The normalized spacial score (nSPS) is 18.9. The van der Waals surface area contributed by atoms with Gasteiger partial charge >= 0.3 is 6.03 Å². The summed E-state index contributed by atoms with van der Waals surface area (Å²) in [6.07, 6.45) is 1.60. The second kappa shape index (κ2) is 6.05. The molecule has 5 heteroatoms. The number of rotatable bonds is 3. The predicted molar refractivity (Wildman–Crippen MR) is 67.8 cm³/mol. The number of piperidine rings is 1. The molecule has 0 aliphatic carbocycles. The van der Waals surface area contributed by atoms with Crippen LogP contribution in [0.3, 0.4) is 0 Å². The van der Waals surface area contributed by atoms with Crippen molar-refractivity contribution in [3.8, 4) is 0 Å². The number of nitrogens with one attached hydrogen (secondary N) is 3. The van der Waals surface area contributed by atoms with E-state index in [0.717, 1.165) is 12.0 Å². The largest absolute Gasteiger partial charge is 0.354 e. The highest BCUT2D eigenvalue weighted by atomic mass is 16.2. The van der Waals surface area contributed by atoms with Crippen LogP contribution in [0, 0.1) is 0 Å². The van der Waals surface area contributed by atoms with E-state index in [1.807, 2.05) is 30.3 Å². The lowest BCUT2D eigenvalue weighted by Gasteiger charge is -2.22. The van der Waals surface area contributed by atoms with Gasteiger partial charge in [0, 0.05) is 13.1 Å². The monoisotopic (exact) mass is 247 g/mol. The molecule has 18 heavy (non-hydrogen) atoms. The first-order valence-electron chi connectivity index (χ1n) is 6.12. The minimum atomic E-state index is -0.408. The van der Waals surface area contributed by atoms with E-state index in [1.54, 1.807) is 0 Å². The Labute approximate surface area is 106 Å². The van der Waals surface area contributed by atoms with Gasteiger partial charge in [0.15, 0.2) is 0 Å². The fourth-order valence-electron chi connectivity index (χ4n) is 1.90. The molecule has 0 spiro atoms. The highest BCUT2D eigenvalue weighted by Gasteiger charge is 2.23. The molecule has 1 atom stereocenters. The van der Waals surface area contributed by atoms with Crippen molar-refractivity contribution in [3.63, 3.8) is 0 Å². The van der Waals surface area contributed by atoms with Gasteiger partial charge < -0.3 is 16.0 Å². The van der Waals surface area contributed by atoms with Crippen LogP contribution in [-0.2, 0) is 11.3 Å².